The lowest BCUT2D eigenvalue weighted by Crippen LogP contribution is -2.09. The summed E-state index contributed by atoms with van der Waals surface area (Å²) in [5, 5.41) is 7.33. The summed E-state index contributed by atoms with van der Waals surface area (Å²) in [6.45, 7) is 7.99. The predicted octanol–water partition coefficient (Wildman–Crippen LogP) is 3.93. The van der Waals surface area contributed by atoms with E-state index in [2.05, 4.69) is 38.3 Å². The standard InChI is InChI=1S/C13H16BrN3O/c1-7-5-12(15-6-11(7)14)16-8(2)13-9(3)17-18-10(13)4/h5-6,8H,1-4H3,(H,15,16). The van der Waals surface area contributed by atoms with Crippen molar-refractivity contribution in [3.63, 3.8) is 0 Å². The number of hydrogen-bond donors (Lipinski definition) is 1. The van der Waals surface area contributed by atoms with Crippen LogP contribution >= 0.6 is 15.9 Å². The summed E-state index contributed by atoms with van der Waals surface area (Å²) < 4.78 is 6.19. The summed E-state index contributed by atoms with van der Waals surface area (Å²) in [4.78, 5) is 4.34. The molecule has 0 aromatic carbocycles. The highest BCUT2D eigenvalue weighted by Gasteiger charge is 2.16. The molecule has 0 bridgehead atoms. The number of pyridine rings is 1. The van der Waals surface area contributed by atoms with E-state index in [1.807, 2.05) is 26.8 Å². The fourth-order valence-electron chi connectivity index (χ4n) is 2.02. The molecule has 96 valence electrons. The summed E-state index contributed by atoms with van der Waals surface area (Å²) >= 11 is 3.44. The molecule has 0 fully saturated rings. The van der Waals surface area contributed by atoms with Gasteiger partial charge >= 0.3 is 0 Å². The maximum atomic E-state index is 5.18. The van der Waals surface area contributed by atoms with Gasteiger partial charge in [0.25, 0.3) is 0 Å². The van der Waals surface area contributed by atoms with Crippen LogP contribution in [0.25, 0.3) is 0 Å². The lowest BCUT2D eigenvalue weighted by atomic mass is 10.1. The van der Waals surface area contributed by atoms with Crippen molar-refractivity contribution in [2.45, 2.75) is 33.7 Å². The van der Waals surface area contributed by atoms with Crippen LogP contribution < -0.4 is 5.32 Å². The second kappa shape index (κ2) is 5.10. The Labute approximate surface area is 115 Å². The minimum atomic E-state index is 0.115. The Balaban J connectivity index is 2.21. The molecule has 0 spiro atoms. The van der Waals surface area contributed by atoms with E-state index in [1.54, 1.807) is 6.20 Å². The first kappa shape index (κ1) is 13.1. The van der Waals surface area contributed by atoms with Crippen molar-refractivity contribution in [3.8, 4) is 0 Å². The number of hydrogen-bond acceptors (Lipinski definition) is 4. The van der Waals surface area contributed by atoms with Gasteiger partial charge < -0.3 is 9.84 Å². The van der Waals surface area contributed by atoms with E-state index in [1.165, 1.54) is 0 Å². The molecule has 2 rings (SSSR count). The van der Waals surface area contributed by atoms with Gasteiger partial charge in [-0.1, -0.05) is 5.16 Å². The summed E-state index contributed by atoms with van der Waals surface area (Å²) in [6.07, 6.45) is 1.80. The van der Waals surface area contributed by atoms with Crippen LogP contribution in [0, 0.1) is 20.8 Å². The summed E-state index contributed by atoms with van der Waals surface area (Å²) in [5.74, 6) is 1.70. The second-order valence-corrected chi connectivity index (χ2v) is 5.28. The van der Waals surface area contributed by atoms with E-state index in [-0.39, 0.29) is 6.04 Å². The molecule has 1 unspecified atom stereocenters. The topological polar surface area (TPSA) is 51.0 Å². The third-order valence-electron chi connectivity index (χ3n) is 2.93. The van der Waals surface area contributed by atoms with Crippen molar-refractivity contribution < 1.29 is 4.52 Å². The molecule has 2 aromatic rings. The van der Waals surface area contributed by atoms with Crippen LogP contribution in [0.5, 0.6) is 0 Å². The largest absolute Gasteiger partial charge is 0.363 e. The Hall–Kier alpha value is -1.36. The molecule has 5 heteroatoms. The minimum absolute atomic E-state index is 0.115. The highest BCUT2D eigenvalue weighted by atomic mass is 79.9. The molecule has 4 nitrogen and oxygen atoms in total. The van der Waals surface area contributed by atoms with Gasteiger partial charge in [-0.15, -0.1) is 0 Å². The highest BCUT2D eigenvalue weighted by molar-refractivity contribution is 9.10. The molecule has 2 aromatic heterocycles. The monoisotopic (exact) mass is 309 g/mol. The van der Waals surface area contributed by atoms with Gasteiger partial charge in [0.05, 0.1) is 11.7 Å². The van der Waals surface area contributed by atoms with Crippen LogP contribution in [-0.4, -0.2) is 10.1 Å². The fraction of sp³-hybridized carbons (Fsp3) is 0.385. The third kappa shape index (κ3) is 2.56. The first-order chi connectivity index (χ1) is 8.49. The van der Waals surface area contributed by atoms with Crippen LogP contribution in [0.3, 0.4) is 0 Å². The Morgan fingerprint density at radius 1 is 1.33 bits per heavy atom. The molecule has 0 aliphatic heterocycles. The molecular formula is C13H16BrN3O. The van der Waals surface area contributed by atoms with Crippen LogP contribution in [-0.2, 0) is 0 Å². The molecule has 1 N–H and O–H groups in total. The highest BCUT2D eigenvalue weighted by Crippen LogP contribution is 2.25. The van der Waals surface area contributed by atoms with Gasteiger partial charge in [0, 0.05) is 16.2 Å². The molecule has 1 atom stereocenters. The number of aromatic nitrogens is 2. The normalized spacial score (nSPS) is 12.5. The molecule has 0 aliphatic carbocycles. The lowest BCUT2D eigenvalue weighted by molar-refractivity contribution is 0.392. The van der Waals surface area contributed by atoms with Gasteiger partial charge in [-0.25, -0.2) is 4.98 Å². The van der Waals surface area contributed by atoms with Crippen molar-refractivity contribution in [3.05, 3.63) is 39.3 Å². The first-order valence-electron chi connectivity index (χ1n) is 5.80. The maximum absolute atomic E-state index is 5.18. The van der Waals surface area contributed by atoms with Crippen molar-refractivity contribution >= 4 is 21.7 Å². The lowest BCUT2D eigenvalue weighted by Gasteiger charge is -2.15. The van der Waals surface area contributed by atoms with E-state index in [4.69, 9.17) is 4.52 Å². The number of rotatable bonds is 3. The first-order valence-corrected chi connectivity index (χ1v) is 6.59. The molecule has 0 radical (unpaired) electrons. The van der Waals surface area contributed by atoms with Gasteiger partial charge in [0.15, 0.2) is 0 Å². The summed E-state index contributed by atoms with van der Waals surface area (Å²) in [6, 6.07) is 2.13. The SMILES string of the molecule is Cc1cc(NC(C)c2c(C)noc2C)ncc1Br. The average molecular weight is 310 g/mol. The Bertz CT molecular complexity index is 546. The van der Waals surface area contributed by atoms with Crippen LogP contribution in [0.2, 0.25) is 0 Å². The van der Waals surface area contributed by atoms with Crippen molar-refractivity contribution in [2.75, 3.05) is 5.32 Å². The molecule has 0 saturated heterocycles. The van der Waals surface area contributed by atoms with Crippen LogP contribution in [0.1, 0.15) is 35.5 Å². The Kier molecular flexibility index (Phi) is 3.71. The molecule has 2 heterocycles. The third-order valence-corrected chi connectivity index (χ3v) is 3.76. The number of aryl methyl sites for hydroxylation is 3. The van der Waals surface area contributed by atoms with Crippen molar-refractivity contribution in [2.24, 2.45) is 0 Å². The number of halogens is 1. The average Bonchev–Trinajstić information content (AvgIpc) is 2.64. The molecule has 0 aliphatic rings. The Morgan fingerprint density at radius 2 is 2.06 bits per heavy atom. The maximum Gasteiger partial charge on any atom is 0.139 e. The quantitative estimate of drug-likeness (QED) is 0.933. The van der Waals surface area contributed by atoms with Gasteiger partial charge in [-0.3, -0.25) is 0 Å². The second-order valence-electron chi connectivity index (χ2n) is 4.42. The van der Waals surface area contributed by atoms with Gasteiger partial charge in [-0.2, -0.15) is 0 Å². The zero-order valence-corrected chi connectivity index (χ0v) is 12.5. The number of nitrogens with zero attached hydrogens (tertiary/aromatic N) is 2. The molecule has 18 heavy (non-hydrogen) atoms. The van der Waals surface area contributed by atoms with Crippen molar-refractivity contribution in [1.82, 2.24) is 10.1 Å². The Morgan fingerprint density at radius 3 is 2.61 bits per heavy atom. The van der Waals surface area contributed by atoms with Crippen molar-refractivity contribution in [1.29, 1.82) is 0 Å². The molecular weight excluding hydrogens is 294 g/mol. The van der Waals surface area contributed by atoms with Crippen LogP contribution in [0.15, 0.2) is 21.3 Å². The number of anilines is 1. The fourth-order valence-corrected chi connectivity index (χ4v) is 2.24. The van der Waals surface area contributed by atoms with Gasteiger partial charge in [0.2, 0.25) is 0 Å². The summed E-state index contributed by atoms with van der Waals surface area (Å²) in [7, 11) is 0. The smallest absolute Gasteiger partial charge is 0.139 e. The van der Waals surface area contributed by atoms with E-state index >= 15 is 0 Å². The molecule has 0 saturated carbocycles. The van der Waals surface area contributed by atoms with E-state index in [0.29, 0.717) is 0 Å². The predicted molar refractivity (Wildman–Crippen MR) is 74.7 cm³/mol. The van der Waals surface area contributed by atoms with E-state index in [9.17, 15) is 0 Å². The minimum Gasteiger partial charge on any atom is -0.363 e. The zero-order valence-electron chi connectivity index (χ0n) is 10.9. The summed E-state index contributed by atoms with van der Waals surface area (Å²) in [5.41, 5.74) is 3.16. The van der Waals surface area contributed by atoms with Gasteiger partial charge in [-0.05, 0) is 55.3 Å². The molecule has 0 amide bonds. The zero-order chi connectivity index (χ0) is 13.3. The van der Waals surface area contributed by atoms with E-state index < -0.39 is 0 Å². The van der Waals surface area contributed by atoms with Gasteiger partial charge in [0.1, 0.15) is 11.6 Å². The van der Waals surface area contributed by atoms with E-state index in [0.717, 1.165) is 32.9 Å². The number of nitrogens with one attached hydrogen (secondary N) is 1. The van der Waals surface area contributed by atoms with Crippen LogP contribution in [0.4, 0.5) is 5.82 Å².